The lowest BCUT2D eigenvalue weighted by atomic mass is 10.1. The lowest BCUT2D eigenvalue weighted by Gasteiger charge is -2.19. The van der Waals surface area contributed by atoms with Crippen LogP contribution >= 0.6 is 0 Å². The Morgan fingerprint density at radius 1 is 1.04 bits per heavy atom. The molecule has 1 fully saturated rings. The van der Waals surface area contributed by atoms with Gasteiger partial charge in [-0.3, -0.25) is 4.79 Å². The van der Waals surface area contributed by atoms with E-state index in [9.17, 15) is 4.79 Å². The predicted octanol–water partition coefficient (Wildman–Crippen LogP) is 4.45. The van der Waals surface area contributed by atoms with Crippen LogP contribution in [0.4, 0.5) is 0 Å². The summed E-state index contributed by atoms with van der Waals surface area (Å²) in [5, 5.41) is 3.05. The number of methoxy groups -OCH3 is 2. The number of carbonyl (C=O) groups is 1. The van der Waals surface area contributed by atoms with E-state index < -0.39 is 0 Å². The number of nitrogens with one attached hydrogen (secondary N) is 1. The van der Waals surface area contributed by atoms with E-state index in [-0.39, 0.29) is 18.1 Å². The van der Waals surface area contributed by atoms with Crippen molar-refractivity contribution in [3.8, 4) is 17.2 Å². The second-order valence-electron chi connectivity index (χ2n) is 7.25. The van der Waals surface area contributed by atoms with Crippen molar-refractivity contribution < 1.29 is 19.0 Å². The van der Waals surface area contributed by atoms with Gasteiger partial charge in [-0.1, -0.05) is 18.2 Å². The minimum atomic E-state index is -0.125. The second kappa shape index (κ2) is 9.49. The molecular formula is C23H29NO4. The Balaban J connectivity index is 1.60. The molecule has 1 amide bonds. The average Bonchev–Trinajstić information content (AvgIpc) is 3.21. The highest BCUT2D eigenvalue weighted by Crippen LogP contribution is 2.33. The summed E-state index contributed by atoms with van der Waals surface area (Å²) in [6.45, 7) is 1.97. The quantitative estimate of drug-likeness (QED) is 0.732. The van der Waals surface area contributed by atoms with Gasteiger partial charge in [0.25, 0.3) is 0 Å². The molecule has 1 unspecified atom stereocenters. The smallest absolute Gasteiger partial charge is 0.224 e. The molecule has 1 saturated carbocycles. The number of hydrogen-bond donors (Lipinski definition) is 1. The molecule has 5 nitrogen and oxygen atoms in total. The van der Waals surface area contributed by atoms with Gasteiger partial charge in [-0.05, 0) is 68.0 Å². The molecule has 1 aliphatic rings. The van der Waals surface area contributed by atoms with Crippen molar-refractivity contribution >= 4 is 5.91 Å². The first-order valence-electron chi connectivity index (χ1n) is 9.86. The van der Waals surface area contributed by atoms with E-state index in [1.54, 1.807) is 14.2 Å². The van der Waals surface area contributed by atoms with Crippen molar-refractivity contribution in [3.05, 3.63) is 53.6 Å². The van der Waals surface area contributed by atoms with Gasteiger partial charge < -0.3 is 19.5 Å². The molecule has 0 aliphatic heterocycles. The van der Waals surface area contributed by atoms with E-state index in [2.05, 4.69) is 5.32 Å². The third-order valence-electron chi connectivity index (χ3n) is 5.18. The molecule has 2 aromatic carbocycles. The zero-order chi connectivity index (χ0) is 19.9. The minimum absolute atomic E-state index is 0.0251. The average molecular weight is 383 g/mol. The molecule has 0 heterocycles. The normalized spacial score (nSPS) is 15.1. The molecule has 28 heavy (non-hydrogen) atoms. The lowest BCUT2D eigenvalue weighted by molar-refractivity contribution is -0.121. The van der Waals surface area contributed by atoms with Crippen LogP contribution in [0, 0.1) is 0 Å². The Bertz CT molecular complexity index is 782. The number of rotatable bonds is 8. The number of benzene rings is 2. The Labute approximate surface area is 167 Å². The van der Waals surface area contributed by atoms with Crippen LogP contribution in [-0.2, 0) is 11.2 Å². The number of hydrogen-bond acceptors (Lipinski definition) is 4. The predicted molar refractivity (Wildman–Crippen MR) is 109 cm³/mol. The molecular weight excluding hydrogens is 354 g/mol. The molecule has 0 aromatic heterocycles. The fourth-order valence-corrected chi connectivity index (χ4v) is 3.54. The van der Waals surface area contributed by atoms with E-state index in [1.807, 2.05) is 49.4 Å². The summed E-state index contributed by atoms with van der Waals surface area (Å²) in [6.07, 6.45) is 5.26. The van der Waals surface area contributed by atoms with Crippen molar-refractivity contribution in [3.63, 3.8) is 0 Å². The van der Waals surface area contributed by atoms with Crippen molar-refractivity contribution in [2.45, 2.75) is 51.2 Å². The summed E-state index contributed by atoms with van der Waals surface area (Å²) in [6, 6.07) is 13.3. The molecule has 0 radical (unpaired) electrons. The summed E-state index contributed by atoms with van der Waals surface area (Å²) < 4.78 is 16.8. The lowest BCUT2D eigenvalue weighted by Crippen LogP contribution is -2.28. The van der Waals surface area contributed by atoms with Gasteiger partial charge in [0.05, 0.1) is 32.8 Å². The fraction of sp³-hybridized carbons (Fsp3) is 0.435. The Morgan fingerprint density at radius 3 is 2.39 bits per heavy atom. The van der Waals surface area contributed by atoms with E-state index in [1.165, 1.54) is 12.8 Å². The maximum absolute atomic E-state index is 12.4. The highest BCUT2D eigenvalue weighted by atomic mass is 16.5. The van der Waals surface area contributed by atoms with Crippen molar-refractivity contribution in [2.75, 3.05) is 14.2 Å². The summed E-state index contributed by atoms with van der Waals surface area (Å²) in [5.41, 5.74) is 1.93. The SMILES string of the molecule is COc1ccc(CC(=O)NC(C)c2ccc(OC3CCCC3)c(OC)c2)cc1. The number of ether oxygens (including phenoxy) is 3. The molecule has 0 saturated heterocycles. The van der Waals surface area contributed by atoms with Crippen LogP contribution in [0.5, 0.6) is 17.2 Å². The topological polar surface area (TPSA) is 56.8 Å². The van der Waals surface area contributed by atoms with E-state index >= 15 is 0 Å². The maximum atomic E-state index is 12.4. The first-order chi connectivity index (χ1) is 13.6. The summed E-state index contributed by atoms with van der Waals surface area (Å²) in [4.78, 5) is 12.4. The Morgan fingerprint density at radius 2 is 1.75 bits per heavy atom. The molecule has 5 heteroatoms. The van der Waals surface area contributed by atoms with Crippen molar-refractivity contribution in [2.24, 2.45) is 0 Å². The molecule has 150 valence electrons. The molecule has 0 bridgehead atoms. The zero-order valence-corrected chi connectivity index (χ0v) is 16.9. The number of carbonyl (C=O) groups excluding carboxylic acids is 1. The first kappa shape index (κ1) is 20.1. The molecule has 1 aliphatic carbocycles. The van der Waals surface area contributed by atoms with Crippen molar-refractivity contribution in [1.29, 1.82) is 0 Å². The van der Waals surface area contributed by atoms with Crippen LogP contribution in [0.25, 0.3) is 0 Å². The van der Waals surface area contributed by atoms with Crippen LogP contribution < -0.4 is 19.5 Å². The molecule has 2 aromatic rings. The number of amides is 1. The van der Waals surface area contributed by atoms with Gasteiger partial charge in [-0.15, -0.1) is 0 Å². The molecule has 1 N–H and O–H groups in total. The summed E-state index contributed by atoms with van der Waals surface area (Å²) >= 11 is 0. The van der Waals surface area contributed by atoms with Gasteiger partial charge in [0.1, 0.15) is 5.75 Å². The molecule has 3 rings (SSSR count). The van der Waals surface area contributed by atoms with Crippen LogP contribution in [0.3, 0.4) is 0 Å². The molecule has 0 spiro atoms. The summed E-state index contributed by atoms with van der Waals surface area (Å²) in [5.74, 6) is 2.24. The van der Waals surface area contributed by atoms with Crippen molar-refractivity contribution in [1.82, 2.24) is 5.32 Å². The first-order valence-corrected chi connectivity index (χ1v) is 9.86. The van der Waals surface area contributed by atoms with Gasteiger partial charge in [-0.25, -0.2) is 0 Å². The maximum Gasteiger partial charge on any atom is 0.224 e. The summed E-state index contributed by atoms with van der Waals surface area (Å²) in [7, 11) is 3.27. The minimum Gasteiger partial charge on any atom is -0.497 e. The second-order valence-corrected chi connectivity index (χ2v) is 7.25. The van der Waals surface area contributed by atoms with Crippen LogP contribution in [0.2, 0.25) is 0 Å². The Hall–Kier alpha value is -2.69. The largest absolute Gasteiger partial charge is 0.497 e. The van der Waals surface area contributed by atoms with Gasteiger partial charge >= 0.3 is 0 Å². The van der Waals surface area contributed by atoms with Crippen LogP contribution in [-0.4, -0.2) is 26.2 Å². The van der Waals surface area contributed by atoms with Gasteiger partial charge in [0, 0.05) is 0 Å². The monoisotopic (exact) mass is 383 g/mol. The van der Waals surface area contributed by atoms with Crippen LogP contribution in [0.1, 0.15) is 49.8 Å². The van der Waals surface area contributed by atoms with E-state index in [4.69, 9.17) is 14.2 Å². The van der Waals surface area contributed by atoms with E-state index in [0.29, 0.717) is 12.2 Å². The fourth-order valence-electron chi connectivity index (χ4n) is 3.54. The Kier molecular flexibility index (Phi) is 6.80. The van der Waals surface area contributed by atoms with Crippen LogP contribution in [0.15, 0.2) is 42.5 Å². The third-order valence-corrected chi connectivity index (χ3v) is 5.18. The van der Waals surface area contributed by atoms with Gasteiger partial charge in [0.15, 0.2) is 11.5 Å². The van der Waals surface area contributed by atoms with Gasteiger partial charge in [-0.2, -0.15) is 0 Å². The molecule has 1 atom stereocenters. The third kappa shape index (κ3) is 5.18. The van der Waals surface area contributed by atoms with Gasteiger partial charge in [0.2, 0.25) is 5.91 Å². The zero-order valence-electron chi connectivity index (χ0n) is 16.9. The van der Waals surface area contributed by atoms with E-state index in [0.717, 1.165) is 35.5 Å². The highest BCUT2D eigenvalue weighted by molar-refractivity contribution is 5.79. The standard InChI is InChI=1S/C23H29NO4/c1-16(24-23(25)14-17-8-11-19(26-2)12-9-17)18-10-13-21(22(15-18)27-3)28-20-6-4-5-7-20/h8-13,15-16,20H,4-7,14H2,1-3H3,(H,24,25). The highest BCUT2D eigenvalue weighted by Gasteiger charge is 2.19.